The van der Waals surface area contributed by atoms with Gasteiger partial charge in [-0.05, 0) is 31.4 Å². The standard InChI is InChI=1S/C13H17NO2/c1-8(2)9-6-5-7-10-11(9)16-13(3,4)12(15)14-10/h5-8H,1-4H3,(H,14,15). The first-order valence-corrected chi connectivity index (χ1v) is 5.55. The van der Waals surface area contributed by atoms with Crippen molar-refractivity contribution >= 4 is 11.6 Å². The van der Waals surface area contributed by atoms with E-state index >= 15 is 0 Å². The molecule has 1 aliphatic rings. The van der Waals surface area contributed by atoms with E-state index < -0.39 is 5.60 Å². The molecule has 1 amide bonds. The molecule has 0 saturated heterocycles. The molecular formula is C13H17NO2. The predicted octanol–water partition coefficient (Wildman–Crippen LogP) is 2.92. The summed E-state index contributed by atoms with van der Waals surface area (Å²) in [5, 5.41) is 2.88. The highest BCUT2D eigenvalue weighted by molar-refractivity contribution is 6.00. The van der Waals surface area contributed by atoms with Crippen molar-refractivity contribution in [3.63, 3.8) is 0 Å². The monoisotopic (exact) mass is 219 g/mol. The van der Waals surface area contributed by atoms with E-state index in [2.05, 4.69) is 19.2 Å². The van der Waals surface area contributed by atoms with Crippen molar-refractivity contribution in [3.8, 4) is 5.75 Å². The van der Waals surface area contributed by atoms with Crippen LogP contribution in [-0.4, -0.2) is 11.5 Å². The molecule has 2 rings (SSSR count). The van der Waals surface area contributed by atoms with E-state index in [1.54, 1.807) is 13.8 Å². The third-order valence-corrected chi connectivity index (χ3v) is 2.82. The number of carbonyl (C=O) groups excluding carboxylic acids is 1. The molecule has 0 aliphatic carbocycles. The topological polar surface area (TPSA) is 38.3 Å². The van der Waals surface area contributed by atoms with Crippen molar-refractivity contribution in [1.82, 2.24) is 0 Å². The third kappa shape index (κ3) is 1.66. The number of nitrogens with one attached hydrogen (secondary N) is 1. The van der Waals surface area contributed by atoms with Gasteiger partial charge in [0.25, 0.3) is 5.91 Å². The lowest BCUT2D eigenvalue weighted by Crippen LogP contribution is -2.46. The normalized spacial score (nSPS) is 17.7. The zero-order valence-electron chi connectivity index (χ0n) is 10.1. The fourth-order valence-electron chi connectivity index (χ4n) is 1.80. The van der Waals surface area contributed by atoms with Crippen LogP contribution in [0.15, 0.2) is 18.2 Å². The van der Waals surface area contributed by atoms with Crippen LogP contribution in [0, 0.1) is 0 Å². The summed E-state index contributed by atoms with van der Waals surface area (Å²) < 4.78 is 5.81. The maximum Gasteiger partial charge on any atom is 0.268 e. The number of anilines is 1. The lowest BCUT2D eigenvalue weighted by molar-refractivity contribution is -0.129. The Balaban J connectivity index is 2.52. The number of rotatable bonds is 1. The first-order chi connectivity index (χ1) is 7.42. The molecule has 0 unspecified atom stereocenters. The zero-order chi connectivity index (χ0) is 11.9. The van der Waals surface area contributed by atoms with Crippen LogP contribution in [0.25, 0.3) is 0 Å². The van der Waals surface area contributed by atoms with E-state index in [-0.39, 0.29) is 5.91 Å². The van der Waals surface area contributed by atoms with E-state index in [4.69, 9.17) is 4.74 Å². The van der Waals surface area contributed by atoms with Gasteiger partial charge in [0.05, 0.1) is 5.69 Å². The molecule has 0 saturated carbocycles. The lowest BCUT2D eigenvalue weighted by atomic mass is 9.98. The first kappa shape index (κ1) is 11.0. The highest BCUT2D eigenvalue weighted by atomic mass is 16.5. The van der Waals surface area contributed by atoms with Gasteiger partial charge in [-0.25, -0.2) is 0 Å². The second-order valence-corrected chi connectivity index (χ2v) is 4.95. The maximum absolute atomic E-state index is 11.7. The molecule has 1 heterocycles. The van der Waals surface area contributed by atoms with Crippen molar-refractivity contribution in [1.29, 1.82) is 0 Å². The van der Waals surface area contributed by atoms with Crippen molar-refractivity contribution in [2.45, 2.75) is 39.2 Å². The molecule has 16 heavy (non-hydrogen) atoms. The number of fused-ring (bicyclic) bond motifs is 1. The van der Waals surface area contributed by atoms with Crippen molar-refractivity contribution in [2.24, 2.45) is 0 Å². The molecule has 0 spiro atoms. The third-order valence-electron chi connectivity index (χ3n) is 2.82. The molecule has 0 radical (unpaired) electrons. The fourth-order valence-corrected chi connectivity index (χ4v) is 1.80. The van der Waals surface area contributed by atoms with E-state index in [0.29, 0.717) is 5.92 Å². The van der Waals surface area contributed by atoms with Gasteiger partial charge in [0.2, 0.25) is 0 Å². The fraction of sp³-hybridized carbons (Fsp3) is 0.462. The minimum absolute atomic E-state index is 0.0964. The van der Waals surface area contributed by atoms with Crippen LogP contribution in [0.1, 0.15) is 39.2 Å². The molecule has 1 aromatic carbocycles. The van der Waals surface area contributed by atoms with E-state index in [0.717, 1.165) is 17.0 Å². The van der Waals surface area contributed by atoms with Gasteiger partial charge >= 0.3 is 0 Å². The minimum Gasteiger partial charge on any atom is -0.476 e. The second-order valence-electron chi connectivity index (χ2n) is 4.95. The molecule has 1 aromatic rings. The lowest BCUT2D eigenvalue weighted by Gasteiger charge is -2.33. The average molecular weight is 219 g/mol. The Morgan fingerprint density at radius 2 is 2.00 bits per heavy atom. The Kier molecular flexibility index (Phi) is 2.41. The van der Waals surface area contributed by atoms with Gasteiger partial charge in [0.1, 0.15) is 5.75 Å². The first-order valence-electron chi connectivity index (χ1n) is 5.55. The van der Waals surface area contributed by atoms with E-state index in [9.17, 15) is 4.79 Å². The second kappa shape index (κ2) is 3.51. The van der Waals surface area contributed by atoms with Crippen LogP contribution < -0.4 is 10.1 Å². The van der Waals surface area contributed by atoms with Crippen molar-refractivity contribution in [3.05, 3.63) is 23.8 Å². The Hall–Kier alpha value is -1.51. The van der Waals surface area contributed by atoms with Crippen LogP contribution in [0.5, 0.6) is 5.75 Å². The molecule has 3 nitrogen and oxygen atoms in total. The number of hydrogen-bond donors (Lipinski definition) is 1. The number of carbonyl (C=O) groups is 1. The molecule has 0 bridgehead atoms. The summed E-state index contributed by atoms with van der Waals surface area (Å²) in [7, 11) is 0. The summed E-state index contributed by atoms with van der Waals surface area (Å²) in [6.07, 6.45) is 0. The van der Waals surface area contributed by atoms with Crippen molar-refractivity contribution < 1.29 is 9.53 Å². The van der Waals surface area contributed by atoms with Crippen molar-refractivity contribution in [2.75, 3.05) is 5.32 Å². The van der Waals surface area contributed by atoms with Gasteiger partial charge in [-0.1, -0.05) is 26.0 Å². The Morgan fingerprint density at radius 3 is 2.62 bits per heavy atom. The Labute approximate surface area is 95.8 Å². The van der Waals surface area contributed by atoms with Crippen LogP contribution >= 0.6 is 0 Å². The molecular weight excluding hydrogens is 202 g/mol. The van der Waals surface area contributed by atoms with Gasteiger partial charge in [-0.15, -0.1) is 0 Å². The van der Waals surface area contributed by atoms with Crippen LogP contribution in [0.4, 0.5) is 5.69 Å². The molecule has 0 atom stereocenters. The summed E-state index contributed by atoms with van der Waals surface area (Å²) >= 11 is 0. The quantitative estimate of drug-likeness (QED) is 0.788. The number of ether oxygens (including phenoxy) is 1. The minimum atomic E-state index is -0.794. The predicted molar refractivity (Wildman–Crippen MR) is 63.9 cm³/mol. The van der Waals surface area contributed by atoms with Gasteiger partial charge < -0.3 is 10.1 Å². The summed E-state index contributed by atoms with van der Waals surface area (Å²) in [4.78, 5) is 11.7. The highest BCUT2D eigenvalue weighted by Gasteiger charge is 2.36. The Bertz CT molecular complexity index is 436. The van der Waals surface area contributed by atoms with Crippen LogP contribution in [0.3, 0.4) is 0 Å². The van der Waals surface area contributed by atoms with Crippen LogP contribution in [0.2, 0.25) is 0 Å². The maximum atomic E-state index is 11.7. The smallest absolute Gasteiger partial charge is 0.268 e. The van der Waals surface area contributed by atoms with Crippen LogP contribution in [-0.2, 0) is 4.79 Å². The molecule has 0 fully saturated rings. The summed E-state index contributed by atoms with van der Waals surface area (Å²) in [5.41, 5.74) is 1.11. The molecule has 3 heteroatoms. The number of amides is 1. The average Bonchev–Trinajstić information content (AvgIpc) is 2.18. The van der Waals surface area contributed by atoms with E-state index in [1.807, 2.05) is 18.2 Å². The number of para-hydroxylation sites is 1. The molecule has 86 valence electrons. The number of hydrogen-bond acceptors (Lipinski definition) is 2. The van der Waals surface area contributed by atoms with Gasteiger partial charge in [-0.3, -0.25) is 4.79 Å². The molecule has 1 aliphatic heterocycles. The Morgan fingerprint density at radius 1 is 1.31 bits per heavy atom. The van der Waals surface area contributed by atoms with Gasteiger partial charge in [0.15, 0.2) is 5.60 Å². The summed E-state index contributed by atoms with van der Waals surface area (Å²) in [5.74, 6) is 1.09. The SMILES string of the molecule is CC(C)c1cccc2c1OC(C)(C)C(=O)N2. The van der Waals surface area contributed by atoms with Gasteiger partial charge in [0, 0.05) is 0 Å². The van der Waals surface area contributed by atoms with E-state index in [1.165, 1.54) is 0 Å². The summed E-state index contributed by atoms with van der Waals surface area (Å²) in [6, 6.07) is 5.85. The zero-order valence-corrected chi connectivity index (χ0v) is 10.1. The summed E-state index contributed by atoms with van der Waals surface area (Å²) in [6.45, 7) is 7.79. The molecule has 1 N–H and O–H groups in total. The number of benzene rings is 1. The largest absolute Gasteiger partial charge is 0.476 e. The highest BCUT2D eigenvalue weighted by Crippen LogP contribution is 2.39. The molecule has 0 aromatic heterocycles. The van der Waals surface area contributed by atoms with Gasteiger partial charge in [-0.2, -0.15) is 0 Å².